The Labute approximate surface area is 104 Å². The fourth-order valence-corrected chi connectivity index (χ4v) is 3.67. The lowest BCUT2D eigenvalue weighted by atomic mass is 9.74. The molecule has 2 aliphatic carbocycles. The molecular formula is C16H23N. The molecule has 0 aliphatic heterocycles. The van der Waals surface area contributed by atoms with Crippen molar-refractivity contribution in [2.24, 2.45) is 11.7 Å². The first-order chi connectivity index (χ1) is 8.40. The highest BCUT2D eigenvalue weighted by Crippen LogP contribution is 2.45. The molecular weight excluding hydrogens is 206 g/mol. The van der Waals surface area contributed by atoms with Gasteiger partial charge in [-0.05, 0) is 61.1 Å². The number of rotatable bonds is 3. The molecule has 2 fully saturated rings. The first-order valence-corrected chi connectivity index (χ1v) is 7.19. The van der Waals surface area contributed by atoms with Gasteiger partial charge in [0.15, 0.2) is 0 Å². The van der Waals surface area contributed by atoms with E-state index in [2.05, 4.69) is 24.3 Å². The Bertz CT molecular complexity index is 381. The van der Waals surface area contributed by atoms with Gasteiger partial charge in [0, 0.05) is 0 Å². The number of benzene rings is 1. The zero-order valence-electron chi connectivity index (χ0n) is 10.6. The molecule has 0 amide bonds. The number of hydrogen-bond donors (Lipinski definition) is 1. The Morgan fingerprint density at radius 1 is 0.941 bits per heavy atom. The lowest BCUT2D eigenvalue weighted by molar-refractivity contribution is 0.409. The number of hydrogen-bond acceptors (Lipinski definition) is 1. The summed E-state index contributed by atoms with van der Waals surface area (Å²) in [5.74, 6) is 2.33. The van der Waals surface area contributed by atoms with Crippen LogP contribution in [0.25, 0.3) is 0 Å². The predicted octanol–water partition coefficient (Wildman–Crippen LogP) is 3.80. The highest BCUT2D eigenvalue weighted by atomic mass is 14.6. The minimum Gasteiger partial charge on any atom is -0.330 e. The minimum absolute atomic E-state index is 0.733. The van der Waals surface area contributed by atoms with E-state index in [1.165, 1.54) is 38.5 Å². The molecule has 2 saturated carbocycles. The van der Waals surface area contributed by atoms with E-state index in [4.69, 9.17) is 5.73 Å². The molecule has 2 aliphatic rings. The molecule has 17 heavy (non-hydrogen) atoms. The Balaban J connectivity index is 1.90. The molecule has 3 rings (SSSR count). The molecule has 2 atom stereocenters. The van der Waals surface area contributed by atoms with Gasteiger partial charge < -0.3 is 5.73 Å². The van der Waals surface area contributed by atoms with E-state index in [1.54, 1.807) is 11.1 Å². The Hall–Kier alpha value is -0.820. The van der Waals surface area contributed by atoms with Gasteiger partial charge in [-0.1, -0.05) is 37.1 Å². The Kier molecular flexibility index (Phi) is 3.19. The van der Waals surface area contributed by atoms with Crippen molar-refractivity contribution < 1.29 is 0 Å². The van der Waals surface area contributed by atoms with Gasteiger partial charge in [-0.25, -0.2) is 0 Å². The largest absolute Gasteiger partial charge is 0.330 e. The smallest absolute Gasteiger partial charge is 0.00430 e. The standard InChI is InChI=1S/C16H23N/c17-11-13-7-4-10-15(13)16-9-2-1-8-14(16)12-5-3-6-12/h1-2,8-9,12-13,15H,3-7,10-11,17H2. The summed E-state index contributed by atoms with van der Waals surface area (Å²) < 4.78 is 0. The van der Waals surface area contributed by atoms with E-state index in [0.717, 1.165) is 24.3 Å². The summed E-state index contributed by atoms with van der Waals surface area (Å²) in [6, 6.07) is 9.16. The first kappa shape index (κ1) is 11.3. The molecule has 92 valence electrons. The van der Waals surface area contributed by atoms with Crippen LogP contribution in [0.5, 0.6) is 0 Å². The number of nitrogens with two attached hydrogens (primary N) is 1. The molecule has 0 heterocycles. The monoisotopic (exact) mass is 229 g/mol. The average molecular weight is 229 g/mol. The van der Waals surface area contributed by atoms with Crippen LogP contribution in [0.4, 0.5) is 0 Å². The summed E-state index contributed by atoms with van der Waals surface area (Å²) in [5, 5.41) is 0. The van der Waals surface area contributed by atoms with Crippen molar-refractivity contribution in [1.82, 2.24) is 0 Å². The van der Waals surface area contributed by atoms with Crippen LogP contribution in [-0.2, 0) is 0 Å². The van der Waals surface area contributed by atoms with Crippen molar-refractivity contribution in [1.29, 1.82) is 0 Å². The van der Waals surface area contributed by atoms with Gasteiger partial charge >= 0.3 is 0 Å². The molecule has 1 aromatic rings. The maximum absolute atomic E-state index is 5.93. The van der Waals surface area contributed by atoms with Gasteiger partial charge in [-0.15, -0.1) is 0 Å². The summed E-state index contributed by atoms with van der Waals surface area (Å²) in [6.07, 6.45) is 8.27. The van der Waals surface area contributed by atoms with E-state index < -0.39 is 0 Å². The van der Waals surface area contributed by atoms with E-state index in [0.29, 0.717) is 0 Å². The van der Waals surface area contributed by atoms with Crippen LogP contribution in [-0.4, -0.2) is 6.54 Å². The zero-order chi connectivity index (χ0) is 11.7. The maximum atomic E-state index is 5.93. The SMILES string of the molecule is NCC1CCCC1c1ccccc1C1CCC1. The van der Waals surface area contributed by atoms with Crippen LogP contribution in [0.3, 0.4) is 0 Å². The van der Waals surface area contributed by atoms with Crippen molar-refractivity contribution >= 4 is 0 Å². The highest BCUT2D eigenvalue weighted by molar-refractivity contribution is 5.35. The van der Waals surface area contributed by atoms with E-state index in [9.17, 15) is 0 Å². The van der Waals surface area contributed by atoms with Crippen LogP contribution in [0.2, 0.25) is 0 Å². The van der Waals surface area contributed by atoms with E-state index in [-0.39, 0.29) is 0 Å². The topological polar surface area (TPSA) is 26.0 Å². The van der Waals surface area contributed by atoms with Gasteiger partial charge in [0.05, 0.1) is 0 Å². The Morgan fingerprint density at radius 2 is 1.65 bits per heavy atom. The minimum atomic E-state index is 0.733. The second-order valence-electron chi connectivity index (χ2n) is 5.79. The summed E-state index contributed by atoms with van der Waals surface area (Å²) in [5.41, 5.74) is 9.21. The van der Waals surface area contributed by atoms with Gasteiger partial charge in [0.1, 0.15) is 0 Å². The van der Waals surface area contributed by atoms with Gasteiger partial charge in [-0.3, -0.25) is 0 Å². The summed E-state index contributed by atoms with van der Waals surface area (Å²) >= 11 is 0. The van der Waals surface area contributed by atoms with Crippen molar-refractivity contribution in [3.8, 4) is 0 Å². The van der Waals surface area contributed by atoms with E-state index in [1.807, 2.05) is 0 Å². The highest BCUT2D eigenvalue weighted by Gasteiger charge is 2.31. The fraction of sp³-hybridized carbons (Fsp3) is 0.625. The average Bonchev–Trinajstić information content (AvgIpc) is 2.75. The van der Waals surface area contributed by atoms with Gasteiger partial charge in [0.2, 0.25) is 0 Å². The van der Waals surface area contributed by atoms with Crippen LogP contribution >= 0.6 is 0 Å². The molecule has 2 N–H and O–H groups in total. The third kappa shape index (κ3) is 2.01. The molecule has 1 aromatic carbocycles. The first-order valence-electron chi connectivity index (χ1n) is 7.19. The molecule has 0 bridgehead atoms. The molecule has 0 radical (unpaired) electrons. The fourth-order valence-electron chi connectivity index (χ4n) is 3.67. The lowest BCUT2D eigenvalue weighted by Crippen LogP contribution is -2.20. The van der Waals surface area contributed by atoms with Crippen molar-refractivity contribution in [3.05, 3.63) is 35.4 Å². The van der Waals surface area contributed by atoms with Crippen LogP contribution in [0.1, 0.15) is 61.5 Å². The second kappa shape index (κ2) is 4.81. The van der Waals surface area contributed by atoms with Crippen LogP contribution in [0.15, 0.2) is 24.3 Å². The molecule has 0 saturated heterocycles. The predicted molar refractivity (Wildman–Crippen MR) is 72.2 cm³/mol. The van der Waals surface area contributed by atoms with Crippen molar-refractivity contribution in [3.63, 3.8) is 0 Å². The molecule has 1 heteroatoms. The lowest BCUT2D eigenvalue weighted by Gasteiger charge is -2.31. The van der Waals surface area contributed by atoms with Crippen molar-refractivity contribution in [2.75, 3.05) is 6.54 Å². The third-order valence-electron chi connectivity index (χ3n) is 4.90. The van der Waals surface area contributed by atoms with Gasteiger partial charge in [0.25, 0.3) is 0 Å². The summed E-state index contributed by atoms with van der Waals surface area (Å²) in [4.78, 5) is 0. The summed E-state index contributed by atoms with van der Waals surface area (Å²) in [7, 11) is 0. The van der Waals surface area contributed by atoms with E-state index >= 15 is 0 Å². The Morgan fingerprint density at radius 3 is 2.29 bits per heavy atom. The van der Waals surface area contributed by atoms with Gasteiger partial charge in [-0.2, -0.15) is 0 Å². The second-order valence-corrected chi connectivity index (χ2v) is 5.79. The maximum Gasteiger partial charge on any atom is -0.00430 e. The zero-order valence-corrected chi connectivity index (χ0v) is 10.6. The molecule has 2 unspecified atom stereocenters. The summed E-state index contributed by atoms with van der Waals surface area (Å²) in [6.45, 7) is 0.865. The van der Waals surface area contributed by atoms with Crippen LogP contribution < -0.4 is 5.73 Å². The molecule has 1 nitrogen and oxygen atoms in total. The van der Waals surface area contributed by atoms with Crippen molar-refractivity contribution in [2.45, 2.75) is 50.4 Å². The molecule has 0 spiro atoms. The quantitative estimate of drug-likeness (QED) is 0.838. The van der Waals surface area contributed by atoms with Crippen LogP contribution in [0, 0.1) is 5.92 Å². The third-order valence-corrected chi connectivity index (χ3v) is 4.90. The normalized spacial score (nSPS) is 29.2. The molecule has 0 aromatic heterocycles.